The first-order valence-corrected chi connectivity index (χ1v) is 9.76. The lowest BCUT2D eigenvalue weighted by Crippen LogP contribution is -2.05. The zero-order valence-corrected chi connectivity index (χ0v) is 16.5. The molecule has 28 heavy (non-hydrogen) atoms. The third kappa shape index (κ3) is 3.97. The standard InChI is InChI=1S/C25H22ClNO/c1-18-23(26)13-7-14-24(18)27-16-20-9-3-5-15-25(20)28-17-21-11-6-10-19-8-2-4-12-22(19)21/h2-15,27H,16-17H2,1H3. The van der Waals surface area contributed by atoms with Crippen molar-refractivity contribution in [3.05, 3.63) is 107 Å². The van der Waals surface area contributed by atoms with Crippen LogP contribution in [0.25, 0.3) is 10.8 Å². The van der Waals surface area contributed by atoms with Crippen LogP contribution < -0.4 is 10.1 Å². The summed E-state index contributed by atoms with van der Waals surface area (Å²) in [7, 11) is 0. The second-order valence-corrected chi connectivity index (χ2v) is 7.21. The molecule has 0 amide bonds. The van der Waals surface area contributed by atoms with Crippen molar-refractivity contribution in [2.24, 2.45) is 0 Å². The largest absolute Gasteiger partial charge is 0.489 e. The lowest BCUT2D eigenvalue weighted by Gasteiger charge is -2.15. The van der Waals surface area contributed by atoms with Crippen molar-refractivity contribution in [2.45, 2.75) is 20.1 Å². The van der Waals surface area contributed by atoms with E-state index in [0.717, 1.165) is 27.6 Å². The van der Waals surface area contributed by atoms with Crippen LogP contribution in [-0.2, 0) is 13.2 Å². The molecular weight excluding hydrogens is 366 g/mol. The first-order chi connectivity index (χ1) is 13.7. The Morgan fingerprint density at radius 2 is 1.50 bits per heavy atom. The summed E-state index contributed by atoms with van der Waals surface area (Å²) in [6.07, 6.45) is 0. The molecule has 0 aliphatic rings. The number of anilines is 1. The third-order valence-corrected chi connectivity index (χ3v) is 5.38. The van der Waals surface area contributed by atoms with E-state index in [1.807, 2.05) is 43.3 Å². The van der Waals surface area contributed by atoms with Gasteiger partial charge in [0.25, 0.3) is 0 Å². The summed E-state index contributed by atoms with van der Waals surface area (Å²) in [4.78, 5) is 0. The van der Waals surface area contributed by atoms with Crippen molar-refractivity contribution in [3.63, 3.8) is 0 Å². The monoisotopic (exact) mass is 387 g/mol. The molecule has 0 aliphatic carbocycles. The molecule has 4 aromatic carbocycles. The number of hydrogen-bond acceptors (Lipinski definition) is 2. The maximum Gasteiger partial charge on any atom is 0.124 e. The topological polar surface area (TPSA) is 21.3 Å². The van der Waals surface area contributed by atoms with E-state index < -0.39 is 0 Å². The van der Waals surface area contributed by atoms with Crippen LogP contribution in [0.1, 0.15) is 16.7 Å². The van der Waals surface area contributed by atoms with Crippen molar-refractivity contribution in [1.29, 1.82) is 0 Å². The van der Waals surface area contributed by atoms with Gasteiger partial charge in [-0.1, -0.05) is 78.3 Å². The third-order valence-electron chi connectivity index (χ3n) is 4.97. The highest BCUT2D eigenvalue weighted by molar-refractivity contribution is 6.31. The van der Waals surface area contributed by atoms with Gasteiger partial charge in [-0.25, -0.2) is 0 Å². The van der Waals surface area contributed by atoms with Gasteiger partial charge in [0.1, 0.15) is 12.4 Å². The number of benzene rings is 4. The van der Waals surface area contributed by atoms with E-state index >= 15 is 0 Å². The molecule has 4 rings (SSSR count). The highest BCUT2D eigenvalue weighted by Gasteiger charge is 2.07. The van der Waals surface area contributed by atoms with Crippen molar-refractivity contribution in [3.8, 4) is 5.75 Å². The van der Waals surface area contributed by atoms with Crippen LogP contribution in [0, 0.1) is 6.92 Å². The molecule has 0 spiro atoms. The van der Waals surface area contributed by atoms with E-state index in [-0.39, 0.29) is 0 Å². The van der Waals surface area contributed by atoms with Crippen molar-refractivity contribution >= 4 is 28.1 Å². The SMILES string of the molecule is Cc1c(Cl)cccc1NCc1ccccc1OCc1cccc2ccccc12. The normalized spacial score (nSPS) is 10.8. The molecule has 140 valence electrons. The van der Waals surface area contributed by atoms with E-state index in [2.05, 4.69) is 53.8 Å². The van der Waals surface area contributed by atoms with E-state index in [1.54, 1.807) is 0 Å². The summed E-state index contributed by atoms with van der Waals surface area (Å²) >= 11 is 6.23. The molecule has 0 saturated carbocycles. The maximum absolute atomic E-state index is 6.23. The summed E-state index contributed by atoms with van der Waals surface area (Å²) < 4.78 is 6.21. The van der Waals surface area contributed by atoms with Gasteiger partial charge in [-0.3, -0.25) is 0 Å². The minimum absolute atomic E-state index is 0.536. The highest BCUT2D eigenvalue weighted by Crippen LogP contribution is 2.26. The summed E-state index contributed by atoms with van der Waals surface area (Å²) in [6, 6.07) is 28.8. The first-order valence-electron chi connectivity index (χ1n) is 9.39. The van der Waals surface area contributed by atoms with Gasteiger partial charge in [0.05, 0.1) is 0 Å². The number of nitrogens with one attached hydrogen (secondary N) is 1. The van der Waals surface area contributed by atoms with Gasteiger partial charge >= 0.3 is 0 Å². The van der Waals surface area contributed by atoms with Crippen LogP contribution in [0.3, 0.4) is 0 Å². The fraction of sp³-hybridized carbons (Fsp3) is 0.120. The zero-order chi connectivity index (χ0) is 19.3. The predicted molar refractivity (Wildman–Crippen MR) is 118 cm³/mol. The Balaban J connectivity index is 1.51. The van der Waals surface area contributed by atoms with E-state index in [1.165, 1.54) is 16.3 Å². The second-order valence-electron chi connectivity index (χ2n) is 6.80. The Bertz CT molecular complexity index is 1100. The number of hydrogen-bond donors (Lipinski definition) is 1. The van der Waals surface area contributed by atoms with Crippen molar-refractivity contribution < 1.29 is 4.74 Å². The van der Waals surface area contributed by atoms with Crippen molar-refractivity contribution in [2.75, 3.05) is 5.32 Å². The Kier molecular flexibility index (Phi) is 5.50. The maximum atomic E-state index is 6.23. The minimum atomic E-state index is 0.536. The molecule has 0 unspecified atom stereocenters. The van der Waals surface area contributed by atoms with Crippen LogP contribution in [-0.4, -0.2) is 0 Å². The van der Waals surface area contributed by atoms with Gasteiger partial charge in [0.2, 0.25) is 0 Å². The molecule has 0 radical (unpaired) electrons. The molecule has 0 saturated heterocycles. The van der Waals surface area contributed by atoms with Crippen LogP contribution in [0.15, 0.2) is 84.9 Å². The fourth-order valence-corrected chi connectivity index (χ4v) is 3.53. The number of ether oxygens (including phenoxy) is 1. The van der Waals surface area contributed by atoms with E-state index in [4.69, 9.17) is 16.3 Å². The predicted octanol–water partition coefficient (Wildman–Crippen LogP) is 6.99. The molecule has 0 atom stereocenters. The Morgan fingerprint density at radius 3 is 2.43 bits per heavy atom. The molecule has 1 N–H and O–H groups in total. The average molecular weight is 388 g/mol. The fourth-order valence-electron chi connectivity index (χ4n) is 3.35. The molecule has 2 nitrogen and oxygen atoms in total. The van der Waals surface area contributed by atoms with Gasteiger partial charge in [-0.15, -0.1) is 0 Å². The highest BCUT2D eigenvalue weighted by atomic mass is 35.5. The summed E-state index contributed by atoms with van der Waals surface area (Å²) in [6.45, 7) is 3.23. The molecular formula is C25H22ClNO. The Morgan fingerprint density at radius 1 is 0.786 bits per heavy atom. The molecule has 0 bridgehead atoms. The number of halogens is 1. The minimum Gasteiger partial charge on any atom is -0.489 e. The van der Waals surface area contributed by atoms with Crippen molar-refractivity contribution in [1.82, 2.24) is 0 Å². The lowest BCUT2D eigenvalue weighted by molar-refractivity contribution is 0.304. The summed E-state index contributed by atoms with van der Waals surface area (Å²) in [5.41, 5.74) is 4.39. The van der Waals surface area contributed by atoms with Gasteiger partial charge in [-0.2, -0.15) is 0 Å². The second kappa shape index (κ2) is 8.37. The molecule has 0 aromatic heterocycles. The number of para-hydroxylation sites is 1. The lowest BCUT2D eigenvalue weighted by atomic mass is 10.1. The summed E-state index contributed by atoms with van der Waals surface area (Å²) in [5, 5.41) is 6.71. The van der Waals surface area contributed by atoms with Crippen LogP contribution in [0.2, 0.25) is 5.02 Å². The van der Waals surface area contributed by atoms with Crippen LogP contribution in [0.4, 0.5) is 5.69 Å². The smallest absolute Gasteiger partial charge is 0.124 e. The van der Waals surface area contributed by atoms with Gasteiger partial charge in [-0.05, 0) is 47.0 Å². The number of rotatable bonds is 6. The van der Waals surface area contributed by atoms with Gasteiger partial charge in [0.15, 0.2) is 0 Å². The van der Waals surface area contributed by atoms with Crippen LogP contribution in [0.5, 0.6) is 5.75 Å². The Hall–Kier alpha value is -2.97. The molecule has 0 aliphatic heterocycles. The molecule has 3 heteroatoms. The quantitative estimate of drug-likeness (QED) is 0.384. The number of fused-ring (bicyclic) bond motifs is 1. The first kappa shape index (κ1) is 18.4. The molecule has 0 heterocycles. The van der Waals surface area contributed by atoms with Gasteiger partial charge in [0, 0.05) is 22.8 Å². The molecule has 4 aromatic rings. The zero-order valence-electron chi connectivity index (χ0n) is 15.8. The van der Waals surface area contributed by atoms with E-state index in [9.17, 15) is 0 Å². The Labute approximate surface area is 170 Å². The van der Waals surface area contributed by atoms with E-state index in [0.29, 0.717) is 13.2 Å². The molecule has 0 fully saturated rings. The summed E-state index contributed by atoms with van der Waals surface area (Å²) in [5.74, 6) is 0.891. The van der Waals surface area contributed by atoms with Gasteiger partial charge < -0.3 is 10.1 Å². The average Bonchev–Trinajstić information content (AvgIpc) is 2.74. The van der Waals surface area contributed by atoms with Crippen LogP contribution >= 0.6 is 11.6 Å².